The van der Waals surface area contributed by atoms with Crippen molar-refractivity contribution in [1.82, 2.24) is 9.47 Å². The minimum absolute atomic E-state index is 0.0147. The van der Waals surface area contributed by atoms with Crippen LogP contribution in [-0.4, -0.2) is 67.3 Å². The summed E-state index contributed by atoms with van der Waals surface area (Å²) in [5, 5.41) is 9.32. The summed E-state index contributed by atoms with van der Waals surface area (Å²) in [4.78, 5) is 68.6. The third-order valence-corrected chi connectivity index (χ3v) is 12.0. The van der Waals surface area contributed by atoms with E-state index >= 15 is 4.39 Å². The number of carbonyl (C=O) groups is 1. The van der Waals surface area contributed by atoms with Crippen molar-refractivity contribution in [2.24, 2.45) is 0 Å². The highest BCUT2D eigenvalue weighted by Crippen LogP contribution is 2.53. The van der Waals surface area contributed by atoms with Crippen LogP contribution >= 0.6 is 15.0 Å². The number of hydrogen-bond donors (Lipinski definition) is 4. The first kappa shape index (κ1) is 31.2. The van der Waals surface area contributed by atoms with Crippen LogP contribution in [0.1, 0.15) is 35.0 Å². The molecule has 0 bridgehead atoms. The fourth-order valence-electron chi connectivity index (χ4n) is 5.57. The van der Waals surface area contributed by atoms with Gasteiger partial charge < -0.3 is 38.1 Å². The molecule has 45 heavy (non-hydrogen) atoms. The molecular formula is C28H28FN3O11P2. The number of halogens is 1. The molecule has 0 spiro atoms. The minimum atomic E-state index is -4.75. The number of fused-ring (bicyclic) bond motifs is 1. The first-order valence-electron chi connectivity index (χ1n) is 13.9. The van der Waals surface area contributed by atoms with Crippen LogP contribution in [0.4, 0.5) is 10.1 Å². The number of carboxylic acid groups (broad SMARTS) is 1. The molecule has 6 rings (SSSR count). The summed E-state index contributed by atoms with van der Waals surface area (Å²) in [6.07, 6.45) is 2.99. The van der Waals surface area contributed by atoms with Gasteiger partial charge in [0.15, 0.2) is 11.5 Å². The zero-order valence-electron chi connectivity index (χ0n) is 23.5. The Morgan fingerprint density at radius 1 is 0.978 bits per heavy atom. The number of anilines is 1. The zero-order chi connectivity index (χ0) is 32.3. The predicted molar refractivity (Wildman–Crippen MR) is 160 cm³/mol. The minimum Gasteiger partial charge on any atom is -0.477 e. The Morgan fingerprint density at radius 3 is 2.24 bits per heavy atom. The van der Waals surface area contributed by atoms with E-state index in [1.165, 1.54) is 30.5 Å². The number of hydrogen-bond acceptors (Lipinski definition) is 9. The lowest BCUT2D eigenvalue weighted by atomic mass is 10.1. The molecule has 2 fully saturated rings. The molecule has 4 N–H and O–H groups in total. The number of nitrogens with zero attached hydrogens (tertiary/aromatic N) is 3. The Bertz CT molecular complexity index is 2020. The second kappa shape index (κ2) is 11.5. The number of carboxylic acids is 1. The molecule has 17 heteroatoms. The number of rotatable bonds is 9. The van der Waals surface area contributed by atoms with Crippen molar-refractivity contribution >= 4 is 42.8 Å². The second-order valence-electron chi connectivity index (χ2n) is 11.2. The molecule has 3 heterocycles. The number of pyridine rings is 1. The van der Waals surface area contributed by atoms with Crippen molar-refractivity contribution in [1.29, 1.82) is 0 Å². The third kappa shape index (κ3) is 6.46. The van der Waals surface area contributed by atoms with Gasteiger partial charge in [-0.05, 0) is 37.1 Å². The maximum absolute atomic E-state index is 15.4. The van der Waals surface area contributed by atoms with Crippen LogP contribution < -0.4 is 21.5 Å². The first-order valence-corrected chi connectivity index (χ1v) is 17.5. The summed E-state index contributed by atoms with van der Waals surface area (Å²) in [6, 6.07) is 7.96. The lowest BCUT2D eigenvalue weighted by molar-refractivity contribution is 0.0694. The van der Waals surface area contributed by atoms with Gasteiger partial charge in [-0.3, -0.25) is 18.8 Å². The summed E-state index contributed by atoms with van der Waals surface area (Å²) >= 11 is 0. The molecule has 4 aromatic rings. The molecule has 2 aromatic heterocycles. The number of benzene rings is 2. The molecule has 14 nitrogen and oxygen atoms in total. The van der Waals surface area contributed by atoms with E-state index in [9.17, 15) is 33.5 Å². The van der Waals surface area contributed by atoms with Gasteiger partial charge in [0, 0.05) is 54.7 Å². The molecule has 1 saturated carbocycles. The average molecular weight is 663 g/mol. The predicted octanol–water partition coefficient (Wildman–Crippen LogP) is 2.74. The van der Waals surface area contributed by atoms with Gasteiger partial charge in [0.05, 0.1) is 17.7 Å². The summed E-state index contributed by atoms with van der Waals surface area (Å²) in [5.74, 6) is -3.87. The van der Waals surface area contributed by atoms with E-state index in [1.807, 2.05) is 9.80 Å². The fraction of sp³-hybridized carbons (Fsp3) is 0.321. The maximum Gasteiger partial charge on any atom is 0.519 e. The number of piperazine rings is 1. The molecule has 2 aromatic carbocycles. The van der Waals surface area contributed by atoms with Crippen molar-refractivity contribution in [2.75, 3.05) is 37.0 Å². The highest BCUT2D eigenvalue weighted by atomic mass is 31.2. The van der Waals surface area contributed by atoms with Crippen LogP contribution in [0.5, 0.6) is 0 Å². The standard InChI is InChI=1S/C28H28FN3O11P2/c29-21-11-19-22(32(17-3-4-17)13-20(25(19)33)27(34)35)12-23(21)31-9-7-30(8-10-31)14-24-26(43-28(36)42-24)16-1-5-18(6-2-16)44(37,38)15-45(39,40)41/h1-2,5-6,11-13,17H,3-4,7-10,14-15H2,(H,34,35)(H,37,38)(H2,39,40,41). The average Bonchev–Trinajstić information content (AvgIpc) is 3.74. The summed E-state index contributed by atoms with van der Waals surface area (Å²) in [7, 11) is -9.08. The van der Waals surface area contributed by atoms with Gasteiger partial charge in [0.25, 0.3) is 0 Å². The molecule has 1 unspecified atom stereocenters. The van der Waals surface area contributed by atoms with Gasteiger partial charge in [-0.15, -0.1) is 0 Å². The van der Waals surface area contributed by atoms with E-state index in [4.69, 9.17) is 18.6 Å². The van der Waals surface area contributed by atoms with Gasteiger partial charge in [-0.2, -0.15) is 0 Å². The first-order chi connectivity index (χ1) is 21.2. The van der Waals surface area contributed by atoms with Gasteiger partial charge in [-0.25, -0.2) is 14.0 Å². The lowest BCUT2D eigenvalue weighted by Gasteiger charge is -2.36. The normalized spacial score (nSPS) is 17.5. The van der Waals surface area contributed by atoms with E-state index in [0.717, 1.165) is 18.9 Å². The van der Waals surface area contributed by atoms with Crippen LogP contribution in [0.3, 0.4) is 0 Å². The highest BCUT2D eigenvalue weighted by molar-refractivity contribution is 7.77. The topological polar surface area (TPSA) is 204 Å². The smallest absolute Gasteiger partial charge is 0.477 e. The van der Waals surface area contributed by atoms with E-state index in [2.05, 4.69) is 0 Å². The molecule has 0 radical (unpaired) electrons. The molecule has 2 aliphatic rings. The molecule has 0 amide bonds. The van der Waals surface area contributed by atoms with Crippen molar-refractivity contribution in [2.45, 2.75) is 25.4 Å². The summed E-state index contributed by atoms with van der Waals surface area (Å²) < 4.78 is 51.3. The van der Waals surface area contributed by atoms with Crippen molar-refractivity contribution in [3.63, 3.8) is 0 Å². The third-order valence-electron chi connectivity index (χ3n) is 7.91. The van der Waals surface area contributed by atoms with Crippen LogP contribution in [0.15, 0.2) is 61.0 Å². The number of aromatic carboxylic acids is 1. The van der Waals surface area contributed by atoms with Crippen molar-refractivity contribution < 1.29 is 46.9 Å². The molecule has 1 atom stereocenters. The molecule has 1 aliphatic heterocycles. The van der Waals surface area contributed by atoms with Gasteiger partial charge in [0.1, 0.15) is 17.3 Å². The van der Waals surface area contributed by atoms with Crippen LogP contribution in [0, 0.1) is 5.82 Å². The number of aromatic nitrogens is 1. The van der Waals surface area contributed by atoms with Gasteiger partial charge in [-0.1, -0.05) is 12.1 Å². The monoisotopic (exact) mass is 663 g/mol. The van der Waals surface area contributed by atoms with Crippen LogP contribution in [0.25, 0.3) is 22.2 Å². The Hall–Kier alpha value is -3.84. The van der Waals surface area contributed by atoms with E-state index in [0.29, 0.717) is 37.3 Å². The summed E-state index contributed by atoms with van der Waals surface area (Å²) in [5.41, 5.74) is -0.0238. The lowest BCUT2D eigenvalue weighted by Crippen LogP contribution is -2.46. The highest BCUT2D eigenvalue weighted by Gasteiger charge is 2.32. The quantitative estimate of drug-likeness (QED) is 0.191. The van der Waals surface area contributed by atoms with E-state index < -0.39 is 49.5 Å². The zero-order valence-corrected chi connectivity index (χ0v) is 25.3. The molecule has 1 saturated heterocycles. The van der Waals surface area contributed by atoms with E-state index in [1.54, 1.807) is 10.6 Å². The Kier molecular flexibility index (Phi) is 7.97. The Labute approximate surface area is 253 Å². The largest absolute Gasteiger partial charge is 0.519 e. The molecular weight excluding hydrogens is 635 g/mol. The van der Waals surface area contributed by atoms with Gasteiger partial charge >= 0.3 is 19.4 Å². The molecule has 238 valence electrons. The Balaban J connectivity index is 1.19. The van der Waals surface area contributed by atoms with Crippen molar-refractivity contribution in [3.8, 4) is 11.3 Å². The molecule has 1 aliphatic carbocycles. The second-order valence-corrected chi connectivity index (χ2v) is 15.5. The maximum atomic E-state index is 15.4. The fourth-order valence-corrected chi connectivity index (χ4v) is 8.83. The van der Waals surface area contributed by atoms with Gasteiger partial charge in [0.2, 0.25) is 12.8 Å². The van der Waals surface area contributed by atoms with E-state index in [-0.39, 0.29) is 40.5 Å². The van der Waals surface area contributed by atoms with Crippen molar-refractivity contribution in [3.05, 3.63) is 80.6 Å². The Morgan fingerprint density at radius 2 is 1.64 bits per heavy atom. The SMILES string of the molecule is O=C(O)c1cn(C2CC2)c2cc(N3CCN(Cc4oc(=O)oc4-c4ccc(P(=O)(O)CP(=O)(O)O)cc4)CC3)c(F)cc2c1=O. The summed E-state index contributed by atoms with van der Waals surface area (Å²) in [6.45, 7) is 1.82. The van der Waals surface area contributed by atoms with Crippen LogP contribution in [0.2, 0.25) is 0 Å². The van der Waals surface area contributed by atoms with Crippen LogP contribution in [-0.2, 0) is 15.7 Å².